The molecular formula is C13H24ClN3O2. The van der Waals surface area contributed by atoms with Gasteiger partial charge in [0.25, 0.3) is 0 Å². The Hall–Kier alpha value is -0.650. The molecule has 110 valence electrons. The third-order valence-electron chi connectivity index (χ3n) is 4.24. The van der Waals surface area contributed by atoms with Crippen molar-refractivity contribution in [2.24, 2.45) is 11.7 Å². The maximum atomic E-state index is 11.5. The highest BCUT2D eigenvalue weighted by atomic mass is 35.5. The van der Waals surface area contributed by atoms with Gasteiger partial charge >= 0.3 is 0 Å². The summed E-state index contributed by atoms with van der Waals surface area (Å²) in [6.45, 7) is 5.21. The molecule has 0 aromatic rings. The van der Waals surface area contributed by atoms with Crippen LogP contribution in [-0.2, 0) is 9.59 Å². The topological polar surface area (TPSA) is 66.6 Å². The average molecular weight is 290 g/mol. The standard InChI is InChI=1S/C13H23N3O2.ClH/c1-10-3-2-6-15(11(10)9-14)7-8-16-12(17)4-5-13(16)18;/h10-11H,2-9,14H2,1H3;1H. The Morgan fingerprint density at radius 3 is 2.42 bits per heavy atom. The molecule has 2 atom stereocenters. The number of imide groups is 1. The molecule has 19 heavy (non-hydrogen) atoms. The highest BCUT2D eigenvalue weighted by Gasteiger charge is 2.31. The molecule has 2 heterocycles. The first-order valence-corrected chi connectivity index (χ1v) is 6.90. The number of likely N-dealkylation sites (tertiary alicyclic amines) is 2. The van der Waals surface area contributed by atoms with E-state index in [1.807, 2.05) is 0 Å². The van der Waals surface area contributed by atoms with Crippen LogP contribution >= 0.6 is 12.4 Å². The lowest BCUT2D eigenvalue weighted by Crippen LogP contribution is -2.51. The first-order valence-electron chi connectivity index (χ1n) is 6.90. The molecule has 0 spiro atoms. The Bertz CT molecular complexity index is 322. The number of carbonyl (C=O) groups excluding carboxylic acids is 2. The van der Waals surface area contributed by atoms with Gasteiger partial charge in [0, 0.05) is 38.5 Å². The van der Waals surface area contributed by atoms with Gasteiger partial charge in [-0.05, 0) is 25.3 Å². The van der Waals surface area contributed by atoms with Gasteiger partial charge in [0.1, 0.15) is 0 Å². The maximum absolute atomic E-state index is 11.5. The molecular weight excluding hydrogens is 266 g/mol. The zero-order valence-electron chi connectivity index (χ0n) is 11.5. The molecule has 6 heteroatoms. The minimum atomic E-state index is -0.0191. The van der Waals surface area contributed by atoms with Crippen molar-refractivity contribution in [1.29, 1.82) is 0 Å². The predicted octanol–water partition coefficient (Wildman–Crippen LogP) is 0.616. The quantitative estimate of drug-likeness (QED) is 0.771. The molecule has 5 nitrogen and oxygen atoms in total. The number of amides is 2. The fourth-order valence-electron chi connectivity index (χ4n) is 3.09. The van der Waals surface area contributed by atoms with Gasteiger partial charge in [-0.25, -0.2) is 0 Å². The van der Waals surface area contributed by atoms with E-state index in [1.54, 1.807) is 0 Å². The van der Waals surface area contributed by atoms with E-state index in [0.717, 1.165) is 13.1 Å². The maximum Gasteiger partial charge on any atom is 0.229 e. The van der Waals surface area contributed by atoms with E-state index in [2.05, 4.69) is 11.8 Å². The summed E-state index contributed by atoms with van der Waals surface area (Å²) < 4.78 is 0. The lowest BCUT2D eigenvalue weighted by molar-refractivity contribution is -0.138. The van der Waals surface area contributed by atoms with Gasteiger partial charge < -0.3 is 5.73 Å². The number of nitrogens with zero attached hydrogens (tertiary/aromatic N) is 2. The number of carbonyl (C=O) groups is 2. The summed E-state index contributed by atoms with van der Waals surface area (Å²) in [4.78, 5) is 26.8. The van der Waals surface area contributed by atoms with E-state index >= 15 is 0 Å². The van der Waals surface area contributed by atoms with Gasteiger partial charge in [-0.15, -0.1) is 12.4 Å². The molecule has 2 N–H and O–H groups in total. The summed E-state index contributed by atoms with van der Waals surface area (Å²) in [5, 5.41) is 0. The minimum absolute atomic E-state index is 0. The van der Waals surface area contributed by atoms with Gasteiger partial charge in [0.2, 0.25) is 11.8 Å². The van der Waals surface area contributed by atoms with Crippen LogP contribution in [0.2, 0.25) is 0 Å². The summed E-state index contributed by atoms with van der Waals surface area (Å²) in [5.74, 6) is 0.567. The van der Waals surface area contributed by atoms with E-state index in [-0.39, 0.29) is 24.2 Å². The van der Waals surface area contributed by atoms with Crippen LogP contribution in [0.5, 0.6) is 0 Å². The molecule has 0 aliphatic carbocycles. The van der Waals surface area contributed by atoms with Crippen molar-refractivity contribution in [2.75, 3.05) is 26.2 Å². The van der Waals surface area contributed by atoms with E-state index in [4.69, 9.17) is 5.73 Å². The van der Waals surface area contributed by atoms with Gasteiger partial charge in [0.15, 0.2) is 0 Å². The Kier molecular flexibility index (Phi) is 6.23. The molecule has 2 unspecified atom stereocenters. The second-order valence-corrected chi connectivity index (χ2v) is 5.40. The van der Waals surface area contributed by atoms with Crippen LogP contribution < -0.4 is 5.73 Å². The molecule has 2 aliphatic rings. The Labute approximate surface area is 120 Å². The number of hydrogen-bond donors (Lipinski definition) is 1. The number of rotatable bonds is 4. The van der Waals surface area contributed by atoms with Crippen LogP contribution in [-0.4, -0.2) is 53.8 Å². The Balaban J connectivity index is 0.00000180. The van der Waals surface area contributed by atoms with E-state index in [1.165, 1.54) is 17.7 Å². The van der Waals surface area contributed by atoms with Crippen molar-refractivity contribution in [3.63, 3.8) is 0 Å². The van der Waals surface area contributed by atoms with Crippen molar-refractivity contribution in [3.05, 3.63) is 0 Å². The number of piperidine rings is 1. The molecule has 2 amide bonds. The van der Waals surface area contributed by atoms with E-state index in [9.17, 15) is 9.59 Å². The van der Waals surface area contributed by atoms with Crippen molar-refractivity contribution in [3.8, 4) is 0 Å². The molecule has 2 fully saturated rings. The molecule has 2 rings (SSSR count). The molecule has 0 bridgehead atoms. The second kappa shape index (κ2) is 7.22. The molecule has 2 saturated heterocycles. The first kappa shape index (κ1) is 16.4. The van der Waals surface area contributed by atoms with Crippen molar-refractivity contribution < 1.29 is 9.59 Å². The van der Waals surface area contributed by atoms with Crippen molar-refractivity contribution in [1.82, 2.24) is 9.80 Å². The molecule has 0 aromatic heterocycles. The van der Waals surface area contributed by atoms with Crippen LogP contribution in [0, 0.1) is 5.92 Å². The Morgan fingerprint density at radius 2 is 1.84 bits per heavy atom. The van der Waals surface area contributed by atoms with Crippen LogP contribution in [0.15, 0.2) is 0 Å². The highest BCUT2D eigenvalue weighted by molar-refractivity contribution is 6.01. The molecule has 0 saturated carbocycles. The molecule has 0 aromatic carbocycles. The smallest absolute Gasteiger partial charge is 0.229 e. The van der Waals surface area contributed by atoms with Gasteiger partial charge in [0.05, 0.1) is 0 Å². The van der Waals surface area contributed by atoms with E-state index < -0.39 is 0 Å². The third kappa shape index (κ3) is 3.68. The molecule has 0 radical (unpaired) electrons. The zero-order chi connectivity index (χ0) is 13.1. The van der Waals surface area contributed by atoms with E-state index in [0.29, 0.717) is 37.9 Å². The highest BCUT2D eigenvalue weighted by Crippen LogP contribution is 2.22. The van der Waals surface area contributed by atoms with Crippen molar-refractivity contribution >= 4 is 24.2 Å². The molecule has 2 aliphatic heterocycles. The number of nitrogens with two attached hydrogens (primary N) is 1. The fourth-order valence-corrected chi connectivity index (χ4v) is 3.09. The van der Waals surface area contributed by atoms with Crippen LogP contribution in [0.25, 0.3) is 0 Å². The average Bonchev–Trinajstić information content (AvgIpc) is 2.67. The minimum Gasteiger partial charge on any atom is -0.329 e. The normalized spacial score (nSPS) is 28.6. The predicted molar refractivity (Wildman–Crippen MR) is 76.0 cm³/mol. The summed E-state index contributed by atoms with van der Waals surface area (Å²) in [6.07, 6.45) is 3.17. The SMILES string of the molecule is CC1CCCN(CCN2C(=O)CCC2=O)C1CN.Cl. The third-order valence-corrected chi connectivity index (χ3v) is 4.24. The zero-order valence-corrected chi connectivity index (χ0v) is 12.3. The number of hydrogen-bond acceptors (Lipinski definition) is 4. The van der Waals surface area contributed by atoms with Gasteiger partial charge in [-0.1, -0.05) is 6.92 Å². The lowest BCUT2D eigenvalue weighted by atomic mass is 9.91. The van der Waals surface area contributed by atoms with Crippen molar-refractivity contribution in [2.45, 2.75) is 38.6 Å². The summed E-state index contributed by atoms with van der Waals surface area (Å²) >= 11 is 0. The first-order chi connectivity index (χ1) is 8.63. The van der Waals surface area contributed by atoms with Crippen LogP contribution in [0.1, 0.15) is 32.6 Å². The monoisotopic (exact) mass is 289 g/mol. The fraction of sp³-hybridized carbons (Fsp3) is 0.846. The largest absolute Gasteiger partial charge is 0.329 e. The van der Waals surface area contributed by atoms with Gasteiger partial charge in [-0.2, -0.15) is 0 Å². The second-order valence-electron chi connectivity index (χ2n) is 5.40. The Morgan fingerprint density at radius 1 is 1.21 bits per heavy atom. The lowest BCUT2D eigenvalue weighted by Gasteiger charge is -2.39. The number of halogens is 1. The van der Waals surface area contributed by atoms with Crippen LogP contribution in [0.3, 0.4) is 0 Å². The summed E-state index contributed by atoms with van der Waals surface area (Å²) in [6, 6.07) is 0.395. The summed E-state index contributed by atoms with van der Waals surface area (Å²) in [5.41, 5.74) is 5.83. The van der Waals surface area contributed by atoms with Crippen LogP contribution in [0.4, 0.5) is 0 Å². The van der Waals surface area contributed by atoms with Gasteiger partial charge in [-0.3, -0.25) is 19.4 Å². The summed E-state index contributed by atoms with van der Waals surface area (Å²) in [7, 11) is 0.